The molecule has 2 amide bonds. The number of hydrogen-bond donors (Lipinski definition) is 4. The molecular weight excluding hydrogens is 580 g/mol. The van der Waals surface area contributed by atoms with Crippen LogP contribution in [-0.2, 0) is 48.0 Å². The van der Waals surface area contributed by atoms with Gasteiger partial charge in [-0.15, -0.1) is 0 Å². The molecule has 5 rings (SSSR count). The summed E-state index contributed by atoms with van der Waals surface area (Å²) >= 11 is 0. The monoisotopic (exact) mass is 626 g/mol. The Morgan fingerprint density at radius 1 is 0.932 bits per heavy atom. The number of rotatable bonds is 13. The van der Waals surface area contributed by atoms with Crippen molar-refractivity contribution in [2.45, 2.75) is 128 Å². The Labute approximate surface area is 256 Å². The highest BCUT2D eigenvalue weighted by molar-refractivity contribution is 5.91. The van der Waals surface area contributed by atoms with Gasteiger partial charge in [0.15, 0.2) is 11.9 Å². The van der Waals surface area contributed by atoms with Gasteiger partial charge in [-0.3, -0.25) is 19.2 Å². The Morgan fingerprint density at radius 2 is 1.66 bits per heavy atom. The smallest absolute Gasteiger partial charge is 0.326 e. The van der Waals surface area contributed by atoms with Gasteiger partial charge >= 0.3 is 17.9 Å². The van der Waals surface area contributed by atoms with E-state index in [1.54, 1.807) is 0 Å². The summed E-state index contributed by atoms with van der Waals surface area (Å²) in [6.45, 7) is 9.62. The fourth-order valence-corrected chi connectivity index (χ4v) is 7.18. The third-order valence-electron chi connectivity index (χ3n) is 9.52. The van der Waals surface area contributed by atoms with Crippen molar-refractivity contribution in [1.82, 2.24) is 10.6 Å². The molecule has 1 spiro atoms. The normalized spacial score (nSPS) is 35.5. The summed E-state index contributed by atoms with van der Waals surface area (Å²) in [5.41, 5.74) is -0.796. The first-order valence-corrected chi connectivity index (χ1v) is 15.6. The van der Waals surface area contributed by atoms with Gasteiger partial charge in [0.25, 0.3) is 0 Å². The van der Waals surface area contributed by atoms with Gasteiger partial charge < -0.3 is 35.1 Å². The van der Waals surface area contributed by atoms with Crippen LogP contribution in [0.2, 0.25) is 0 Å². The Kier molecular flexibility index (Phi) is 10.6. The van der Waals surface area contributed by atoms with Crippen LogP contribution in [-0.4, -0.2) is 76.0 Å². The molecule has 4 saturated heterocycles. The van der Waals surface area contributed by atoms with Crippen LogP contribution in [0, 0.1) is 29.6 Å². The minimum atomic E-state index is -1.42. The highest BCUT2D eigenvalue weighted by Gasteiger charge is 2.69. The Balaban J connectivity index is 1.34. The summed E-state index contributed by atoms with van der Waals surface area (Å²) in [6, 6.07) is -2.50. The number of carboxylic acids is 2. The highest BCUT2D eigenvalue weighted by Crippen LogP contribution is 2.60. The predicted octanol–water partition coefficient (Wildman–Crippen LogP) is 2.48. The average molecular weight is 627 g/mol. The summed E-state index contributed by atoms with van der Waals surface area (Å²) < 4.78 is 18.3. The summed E-state index contributed by atoms with van der Waals surface area (Å²) in [5, 5.41) is 23.1. The molecule has 10 atom stereocenters. The fraction of sp³-hybridized carbons (Fsp3) is 0.833. The summed E-state index contributed by atoms with van der Waals surface area (Å²) in [5.74, 6) is -5.28. The molecule has 1 aliphatic carbocycles. The van der Waals surface area contributed by atoms with Gasteiger partial charge in [0, 0.05) is 31.1 Å². The predicted molar refractivity (Wildman–Crippen MR) is 150 cm³/mol. The van der Waals surface area contributed by atoms with Gasteiger partial charge in [0.1, 0.15) is 12.1 Å². The molecule has 14 heteroatoms. The van der Waals surface area contributed by atoms with Gasteiger partial charge in [-0.05, 0) is 56.8 Å². The molecule has 0 aromatic carbocycles. The van der Waals surface area contributed by atoms with E-state index in [0.29, 0.717) is 12.3 Å². The Hall–Kier alpha value is -2.81. The first kappa shape index (κ1) is 34.1. The maximum Gasteiger partial charge on any atom is 0.326 e. The van der Waals surface area contributed by atoms with Gasteiger partial charge in [0.05, 0.1) is 6.42 Å². The van der Waals surface area contributed by atoms with Crippen LogP contribution < -0.4 is 10.6 Å². The van der Waals surface area contributed by atoms with E-state index in [9.17, 15) is 29.1 Å². The molecule has 0 unspecified atom stereocenters. The minimum Gasteiger partial charge on any atom is -0.481 e. The lowest BCUT2D eigenvalue weighted by atomic mass is 9.58. The van der Waals surface area contributed by atoms with E-state index in [4.69, 9.17) is 29.1 Å². The van der Waals surface area contributed by atoms with Crippen LogP contribution in [0.3, 0.4) is 0 Å². The van der Waals surface area contributed by atoms with Gasteiger partial charge in [-0.25, -0.2) is 14.6 Å². The molecule has 5 aliphatic rings. The third kappa shape index (κ3) is 7.35. The van der Waals surface area contributed by atoms with E-state index in [1.165, 1.54) is 0 Å². The van der Waals surface area contributed by atoms with Crippen molar-refractivity contribution in [2.75, 3.05) is 0 Å². The van der Waals surface area contributed by atoms with Crippen LogP contribution >= 0.6 is 0 Å². The number of ether oxygens (including phenoxy) is 3. The van der Waals surface area contributed by atoms with E-state index in [-0.39, 0.29) is 49.4 Å². The number of amides is 2. The number of fused-ring (bicyclic) bond motifs is 2. The molecule has 4 heterocycles. The largest absolute Gasteiger partial charge is 0.481 e. The molecule has 248 valence electrons. The van der Waals surface area contributed by atoms with Crippen LogP contribution in [0.25, 0.3) is 0 Å². The number of hydrogen-bond acceptors (Lipinski definition) is 10. The first-order valence-electron chi connectivity index (χ1n) is 15.6. The van der Waals surface area contributed by atoms with E-state index < -0.39 is 72.2 Å². The number of esters is 1. The standard InChI is InChI=1S/C30H46N2O12/c1-15(2)14-21(25(37)32-20(26(38)39)8-10-23(34)35)31-22(33)9-11-24(36)40-27-17(4)19-7-6-16(3)18-12-13-29(5)42-28(41-27)30(18,19)44-43-29/h15-21,27-28H,6-14H2,1-5H3,(H,31,33)(H,32,37)(H,34,35)(H,38,39)/t16-,17+,18+,19-,20+,21+,27-,28+,29+,30-/m1/s1. The van der Waals surface area contributed by atoms with E-state index in [0.717, 1.165) is 19.3 Å². The van der Waals surface area contributed by atoms with Crippen LogP contribution in [0.1, 0.15) is 92.4 Å². The molecule has 2 bridgehead atoms. The maximum absolute atomic E-state index is 12.9. The average Bonchev–Trinajstić information content (AvgIpc) is 3.17. The number of nitrogens with one attached hydrogen (secondary N) is 2. The molecule has 44 heavy (non-hydrogen) atoms. The lowest BCUT2D eigenvalue weighted by Crippen LogP contribution is -2.70. The minimum absolute atomic E-state index is 0.0352. The van der Waals surface area contributed by atoms with E-state index in [2.05, 4.69) is 17.6 Å². The van der Waals surface area contributed by atoms with Crippen molar-refractivity contribution in [2.24, 2.45) is 29.6 Å². The zero-order chi connectivity index (χ0) is 32.4. The first-order chi connectivity index (χ1) is 20.6. The maximum atomic E-state index is 12.9. The molecular formula is C30H46N2O12. The topological polar surface area (TPSA) is 196 Å². The third-order valence-corrected chi connectivity index (χ3v) is 9.52. The number of aliphatic carboxylic acids is 2. The Morgan fingerprint density at radius 3 is 2.32 bits per heavy atom. The van der Waals surface area contributed by atoms with Gasteiger partial charge in [-0.1, -0.05) is 27.7 Å². The number of carboxylic acid groups (broad SMARTS) is 2. The fourth-order valence-electron chi connectivity index (χ4n) is 7.18. The van der Waals surface area contributed by atoms with Crippen molar-refractivity contribution in [3.05, 3.63) is 0 Å². The second-order valence-electron chi connectivity index (χ2n) is 13.3. The SMILES string of the molecule is CC(C)C[C@H](NC(=O)CCC(=O)O[C@@H]1O[C@H]2O[C@]3(C)CC[C@H]4[C@H](C)CC[C@H]([C@@H]1C)[C@@]24OO3)C(=O)N[C@@H](CCC(=O)O)C(=O)O. The zero-order valence-corrected chi connectivity index (χ0v) is 26.0. The lowest BCUT2D eigenvalue weighted by Gasteiger charge is -2.59. The summed E-state index contributed by atoms with van der Waals surface area (Å²) in [4.78, 5) is 72.8. The van der Waals surface area contributed by atoms with Crippen molar-refractivity contribution >= 4 is 29.7 Å². The van der Waals surface area contributed by atoms with Crippen molar-refractivity contribution < 1.29 is 58.2 Å². The number of carbonyl (C=O) groups excluding carboxylic acids is 3. The van der Waals surface area contributed by atoms with Crippen molar-refractivity contribution in [3.8, 4) is 0 Å². The molecule has 0 aromatic heterocycles. The summed E-state index contributed by atoms with van der Waals surface area (Å²) in [6.07, 6.45) is 0.558. The van der Waals surface area contributed by atoms with E-state index >= 15 is 0 Å². The highest BCUT2D eigenvalue weighted by atomic mass is 17.3. The molecule has 5 fully saturated rings. The molecule has 14 nitrogen and oxygen atoms in total. The quantitative estimate of drug-likeness (QED) is 0.172. The summed E-state index contributed by atoms with van der Waals surface area (Å²) in [7, 11) is 0. The van der Waals surface area contributed by atoms with Gasteiger partial charge in [0.2, 0.25) is 23.9 Å². The van der Waals surface area contributed by atoms with Crippen molar-refractivity contribution in [1.29, 1.82) is 0 Å². The molecule has 4 aliphatic heterocycles. The molecule has 1 saturated carbocycles. The van der Waals surface area contributed by atoms with E-state index in [1.807, 2.05) is 27.7 Å². The number of carbonyl (C=O) groups is 5. The Bertz CT molecular complexity index is 1120. The van der Waals surface area contributed by atoms with Gasteiger partial charge in [-0.2, -0.15) is 0 Å². The molecule has 0 radical (unpaired) electrons. The second kappa shape index (κ2) is 13.7. The second-order valence-corrected chi connectivity index (χ2v) is 13.3. The molecule has 0 aromatic rings. The van der Waals surface area contributed by atoms with Crippen LogP contribution in [0.4, 0.5) is 0 Å². The van der Waals surface area contributed by atoms with Crippen LogP contribution in [0.5, 0.6) is 0 Å². The zero-order valence-electron chi connectivity index (χ0n) is 26.0. The van der Waals surface area contributed by atoms with Crippen molar-refractivity contribution in [3.63, 3.8) is 0 Å². The van der Waals surface area contributed by atoms with Crippen LogP contribution in [0.15, 0.2) is 0 Å². The lowest BCUT2D eigenvalue weighted by molar-refractivity contribution is -0.576. The molecule has 4 N–H and O–H groups in total.